The molecule has 0 saturated heterocycles. The summed E-state index contributed by atoms with van der Waals surface area (Å²) in [5, 5.41) is 3.01. The first kappa shape index (κ1) is 18.1. The van der Waals surface area contributed by atoms with Crippen molar-refractivity contribution in [2.75, 3.05) is 0 Å². The molecule has 0 heterocycles. The quantitative estimate of drug-likeness (QED) is 0.195. The van der Waals surface area contributed by atoms with Crippen LogP contribution in [0, 0.1) is 0 Å². The normalized spacial score (nSPS) is 13.7. The van der Waals surface area contributed by atoms with Crippen molar-refractivity contribution in [1.82, 2.24) is 0 Å². The third kappa shape index (κ3) is 4.08. The van der Waals surface area contributed by atoms with Crippen molar-refractivity contribution in [1.29, 1.82) is 0 Å². The van der Waals surface area contributed by atoms with Crippen LogP contribution in [-0.4, -0.2) is 0 Å². The molecule has 0 spiro atoms. The third-order valence-corrected chi connectivity index (χ3v) is 7.90. The van der Waals surface area contributed by atoms with Crippen LogP contribution < -0.4 is 0 Å². The molecule has 0 radical (unpaired) electrons. The molecule has 0 amide bonds. The van der Waals surface area contributed by atoms with Crippen LogP contribution in [0.1, 0.15) is 9.60 Å². The first-order chi connectivity index (χ1) is 23.8. The molecule has 196 valence electrons. The maximum atomic E-state index is 9.89. The topological polar surface area (TPSA) is 0 Å². The highest BCUT2D eigenvalue weighted by Crippen LogP contribution is 2.45. The van der Waals surface area contributed by atoms with Gasteiger partial charge in [0.15, 0.2) is 0 Å². The fourth-order valence-corrected chi connectivity index (χ4v) is 5.94. The largest absolute Gasteiger partial charge is 0.0636 e. The zero-order valence-corrected chi connectivity index (χ0v) is 22.6. The lowest BCUT2D eigenvalue weighted by molar-refractivity contribution is 1.61. The average Bonchev–Trinajstić information content (AvgIpc) is 3.15. The fraction of sp³-hybridized carbons (Fsp3) is 0. The zero-order valence-electron chi connectivity index (χ0n) is 29.6. The molecule has 0 aliphatic carbocycles. The number of rotatable bonds is 4. The van der Waals surface area contributed by atoms with E-state index in [9.17, 15) is 6.85 Å². The number of hydrogen-bond donors (Lipinski definition) is 0. The number of fused-ring (bicyclic) bond motifs is 3. The van der Waals surface area contributed by atoms with E-state index in [1.807, 2.05) is 127 Å². The molecule has 0 aliphatic heterocycles. The van der Waals surface area contributed by atoms with Gasteiger partial charge in [-0.1, -0.05) is 164 Å². The highest BCUT2D eigenvalue weighted by molar-refractivity contribution is 6.22. The van der Waals surface area contributed by atoms with Gasteiger partial charge in [-0.05, 0) is 82.9 Å². The Morgan fingerprint density at radius 2 is 0.857 bits per heavy atom. The molecule has 0 saturated carbocycles. The lowest BCUT2D eigenvalue weighted by Gasteiger charge is -2.19. The van der Waals surface area contributed by atoms with Crippen LogP contribution >= 0.6 is 0 Å². The molecule has 8 rings (SSSR count). The summed E-state index contributed by atoms with van der Waals surface area (Å²) in [6, 6.07) is 39.0. The lowest BCUT2D eigenvalue weighted by Crippen LogP contribution is -1.92. The third-order valence-electron chi connectivity index (χ3n) is 7.90. The Labute approximate surface area is 256 Å². The summed E-state index contributed by atoms with van der Waals surface area (Å²) >= 11 is 0. The van der Waals surface area contributed by atoms with E-state index >= 15 is 0 Å². The van der Waals surface area contributed by atoms with Crippen molar-refractivity contribution in [2.24, 2.45) is 0 Å². The SMILES string of the molecule is [2H]c1c([2H])c([2H])c2c(-c3ccccc3)c3c([2H])c(-c4cccc5ccccc45)c([2H])c([2H])c3c(-c3ccc(-c4ccccc4)cc3)c2c1[2H]. The van der Waals surface area contributed by atoms with Crippen molar-refractivity contribution in [3.05, 3.63) is 170 Å². The van der Waals surface area contributed by atoms with Crippen molar-refractivity contribution in [3.8, 4) is 44.5 Å². The average molecular weight is 540 g/mol. The van der Waals surface area contributed by atoms with Crippen LogP contribution in [0.25, 0.3) is 76.8 Å². The molecule has 0 nitrogen and oxygen atoms in total. The van der Waals surface area contributed by atoms with Gasteiger partial charge in [0.25, 0.3) is 0 Å². The fourth-order valence-electron chi connectivity index (χ4n) is 5.94. The van der Waals surface area contributed by atoms with Crippen LogP contribution in [0.4, 0.5) is 0 Å². The summed E-state index contributed by atoms with van der Waals surface area (Å²) in [5.74, 6) is 0. The molecule has 0 atom stereocenters. The van der Waals surface area contributed by atoms with Gasteiger partial charge in [0.2, 0.25) is 0 Å². The highest BCUT2D eigenvalue weighted by Gasteiger charge is 2.18. The molecule has 0 aliphatic rings. The van der Waals surface area contributed by atoms with Crippen LogP contribution in [0.5, 0.6) is 0 Å². The van der Waals surface area contributed by atoms with Crippen molar-refractivity contribution in [2.45, 2.75) is 0 Å². The molecule has 0 N–H and O–H groups in total. The minimum absolute atomic E-state index is 0.0303. The van der Waals surface area contributed by atoms with Crippen LogP contribution in [0.3, 0.4) is 0 Å². The minimum Gasteiger partial charge on any atom is -0.0622 e. The van der Waals surface area contributed by atoms with E-state index in [2.05, 4.69) is 0 Å². The predicted octanol–water partition coefficient (Wildman–Crippen LogP) is 11.8. The second-order valence-corrected chi connectivity index (χ2v) is 10.3. The monoisotopic (exact) mass is 539 g/mol. The molecule has 0 unspecified atom stereocenters. The Balaban J connectivity index is 1.61. The second kappa shape index (κ2) is 10.2. The maximum Gasteiger partial charge on any atom is 0.0636 e. The van der Waals surface area contributed by atoms with Gasteiger partial charge in [-0.3, -0.25) is 0 Å². The second-order valence-electron chi connectivity index (χ2n) is 10.3. The van der Waals surface area contributed by atoms with Crippen LogP contribution in [0.2, 0.25) is 0 Å². The van der Waals surface area contributed by atoms with E-state index < -0.39 is 0 Å². The van der Waals surface area contributed by atoms with E-state index in [0.29, 0.717) is 44.2 Å². The Morgan fingerprint density at radius 1 is 0.333 bits per heavy atom. The van der Waals surface area contributed by atoms with Gasteiger partial charge in [0, 0.05) is 0 Å². The minimum atomic E-state index is -0.380. The maximum absolute atomic E-state index is 9.89. The standard InChI is InChI=1S/C42H28/c1-3-12-29(13-4-1)30-22-24-33(25-23-30)41-37-19-9-10-20-38(37)42(32-15-5-2-6-16-32)40-28-34(26-27-39(40)41)36-21-11-17-31-14-7-8-18-35(31)36/h1-28H/i9D,10D,19D,20D,26D,27D,28D. The number of benzene rings is 8. The summed E-state index contributed by atoms with van der Waals surface area (Å²) < 4.78 is 64.9. The molecule has 0 aromatic heterocycles. The van der Waals surface area contributed by atoms with Crippen LogP contribution in [-0.2, 0) is 0 Å². The summed E-state index contributed by atoms with van der Waals surface area (Å²) in [5.41, 5.74) is 5.09. The summed E-state index contributed by atoms with van der Waals surface area (Å²) in [4.78, 5) is 0. The Hall–Kier alpha value is -5.46. The molecule has 0 fully saturated rings. The van der Waals surface area contributed by atoms with Gasteiger partial charge in [0.1, 0.15) is 0 Å². The van der Waals surface area contributed by atoms with Gasteiger partial charge >= 0.3 is 0 Å². The van der Waals surface area contributed by atoms with E-state index in [-0.39, 0.29) is 53.1 Å². The predicted molar refractivity (Wildman–Crippen MR) is 181 cm³/mol. The van der Waals surface area contributed by atoms with Crippen LogP contribution in [0.15, 0.2) is 170 Å². The van der Waals surface area contributed by atoms with E-state index in [0.717, 1.165) is 21.9 Å². The molecule has 0 bridgehead atoms. The molecule has 8 aromatic rings. The van der Waals surface area contributed by atoms with Gasteiger partial charge in [-0.15, -0.1) is 0 Å². The van der Waals surface area contributed by atoms with Crippen molar-refractivity contribution >= 4 is 32.3 Å². The van der Waals surface area contributed by atoms with Gasteiger partial charge in [-0.2, -0.15) is 0 Å². The Kier molecular flexibility index (Phi) is 4.38. The first-order valence-electron chi connectivity index (χ1n) is 17.5. The van der Waals surface area contributed by atoms with Gasteiger partial charge in [-0.25, -0.2) is 0 Å². The number of hydrogen-bond acceptors (Lipinski definition) is 0. The Bertz CT molecular complexity index is 2590. The van der Waals surface area contributed by atoms with E-state index in [1.165, 1.54) is 0 Å². The smallest absolute Gasteiger partial charge is 0.0622 e. The van der Waals surface area contributed by atoms with Crippen molar-refractivity contribution < 1.29 is 9.60 Å². The highest BCUT2D eigenvalue weighted by atomic mass is 14.2. The lowest BCUT2D eigenvalue weighted by atomic mass is 9.84. The van der Waals surface area contributed by atoms with E-state index in [4.69, 9.17) is 2.74 Å². The Morgan fingerprint density at radius 3 is 1.60 bits per heavy atom. The van der Waals surface area contributed by atoms with Gasteiger partial charge in [0.05, 0.1) is 9.60 Å². The van der Waals surface area contributed by atoms with Crippen molar-refractivity contribution in [3.63, 3.8) is 0 Å². The zero-order chi connectivity index (χ0) is 34.0. The summed E-state index contributed by atoms with van der Waals surface area (Å²) in [6.45, 7) is 0. The van der Waals surface area contributed by atoms with Gasteiger partial charge < -0.3 is 0 Å². The summed E-state index contributed by atoms with van der Waals surface area (Å²) in [6.07, 6.45) is 0. The first-order valence-corrected chi connectivity index (χ1v) is 14.0. The molecular weight excluding hydrogens is 504 g/mol. The molecular formula is C42H28. The molecule has 8 aromatic carbocycles. The molecule has 42 heavy (non-hydrogen) atoms. The van der Waals surface area contributed by atoms with E-state index in [1.54, 1.807) is 0 Å². The summed E-state index contributed by atoms with van der Waals surface area (Å²) in [7, 11) is 0. The molecule has 0 heteroatoms.